The first-order chi connectivity index (χ1) is 16.4. The van der Waals surface area contributed by atoms with Crippen molar-refractivity contribution in [1.82, 2.24) is 10.3 Å². The van der Waals surface area contributed by atoms with E-state index in [1.807, 2.05) is 0 Å². The van der Waals surface area contributed by atoms with Gasteiger partial charge in [0.15, 0.2) is 0 Å². The smallest absolute Gasteiger partial charge is 0.351 e. The minimum Gasteiger partial charge on any atom is -0.351 e. The van der Waals surface area contributed by atoms with Crippen LogP contribution in [0.1, 0.15) is 29.7 Å². The van der Waals surface area contributed by atoms with Gasteiger partial charge in [-0.1, -0.05) is 35.9 Å². The van der Waals surface area contributed by atoms with E-state index in [9.17, 15) is 26.6 Å². The molecular weight excluding hydrogens is 510 g/mol. The number of hydrogen-bond donors (Lipinski definition) is 2. The van der Waals surface area contributed by atoms with Crippen LogP contribution in [0, 0.1) is 5.82 Å². The highest BCUT2D eigenvalue weighted by molar-refractivity contribution is 7.80. The molecule has 0 fully saturated rings. The minimum absolute atomic E-state index is 0.0192. The maximum Gasteiger partial charge on any atom is 0.433 e. The highest BCUT2D eigenvalue weighted by Gasteiger charge is 2.33. The number of alkyl halides is 3. The first-order valence-electron chi connectivity index (χ1n) is 10.1. The Kier molecular flexibility index (Phi) is 8.14. The number of nitrogens with one attached hydrogen (secondary N) is 1. The number of hydrogen-bond acceptors (Lipinski definition) is 3. The van der Waals surface area contributed by atoms with Gasteiger partial charge < -0.3 is 5.32 Å². The van der Waals surface area contributed by atoms with Gasteiger partial charge in [0.25, 0.3) is 11.3 Å². The van der Waals surface area contributed by atoms with Gasteiger partial charge in [0.05, 0.1) is 17.3 Å². The van der Waals surface area contributed by atoms with Crippen LogP contribution in [0.3, 0.4) is 0 Å². The number of aromatic nitrogens is 1. The van der Waals surface area contributed by atoms with Gasteiger partial charge in [0.1, 0.15) is 11.5 Å². The van der Waals surface area contributed by atoms with E-state index in [1.54, 1.807) is 18.2 Å². The number of rotatable bonds is 7. The topological polar surface area (TPSA) is 82.5 Å². The molecule has 0 aliphatic carbocycles. The Morgan fingerprint density at radius 3 is 2.51 bits per heavy atom. The van der Waals surface area contributed by atoms with E-state index in [1.165, 1.54) is 38.2 Å². The third-order valence-corrected chi connectivity index (χ3v) is 6.16. The van der Waals surface area contributed by atoms with Crippen LogP contribution in [0.5, 0.6) is 0 Å². The Morgan fingerprint density at radius 2 is 1.91 bits per heavy atom. The number of anilines is 1. The second kappa shape index (κ2) is 10.7. The first-order valence-corrected chi connectivity index (χ1v) is 11.6. The van der Waals surface area contributed by atoms with E-state index in [-0.39, 0.29) is 17.9 Å². The van der Waals surface area contributed by atoms with E-state index in [4.69, 9.17) is 16.2 Å². The van der Waals surface area contributed by atoms with Gasteiger partial charge in [0, 0.05) is 24.2 Å². The molecule has 0 saturated carbocycles. The van der Waals surface area contributed by atoms with E-state index < -0.39 is 40.8 Å². The van der Waals surface area contributed by atoms with E-state index in [2.05, 4.69) is 10.3 Å². The lowest BCUT2D eigenvalue weighted by Crippen LogP contribution is -2.28. The van der Waals surface area contributed by atoms with Crippen LogP contribution >= 0.6 is 11.6 Å². The van der Waals surface area contributed by atoms with Gasteiger partial charge >= 0.3 is 6.18 Å². The lowest BCUT2D eigenvalue weighted by molar-refractivity contribution is -0.141. The van der Waals surface area contributed by atoms with Crippen molar-refractivity contribution in [3.63, 3.8) is 0 Å². The van der Waals surface area contributed by atoms with Crippen molar-refractivity contribution < 1.29 is 31.1 Å². The highest BCUT2D eigenvalue weighted by atomic mass is 35.5. The zero-order chi connectivity index (χ0) is 25.9. The second-order valence-corrected chi connectivity index (χ2v) is 9.04. The number of carbonyl (C=O) groups excluding carboxylic acids is 1. The SMILES string of the molecule is CC(C(=O)NCc1ccc(C(F)(F)F)nc1-c1cccc(Cl)c1)c1ccc(N(C)S(=O)O)c(F)c1. The summed E-state index contributed by atoms with van der Waals surface area (Å²) >= 11 is 3.57. The molecule has 0 aliphatic rings. The summed E-state index contributed by atoms with van der Waals surface area (Å²) in [6, 6.07) is 12.0. The van der Waals surface area contributed by atoms with E-state index in [0.29, 0.717) is 21.7 Å². The fourth-order valence-corrected chi connectivity index (χ4v) is 3.80. The van der Waals surface area contributed by atoms with Crippen LogP contribution in [0.15, 0.2) is 54.6 Å². The molecular formula is C23H20ClF4N3O3S. The largest absolute Gasteiger partial charge is 0.433 e. The zero-order valence-electron chi connectivity index (χ0n) is 18.4. The Hall–Kier alpha value is -3.02. The molecule has 2 unspecified atom stereocenters. The predicted octanol–water partition coefficient (Wildman–Crippen LogP) is 5.55. The molecule has 1 aromatic heterocycles. The van der Waals surface area contributed by atoms with Crippen molar-refractivity contribution in [3.05, 3.63) is 82.3 Å². The lowest BCUT2D eigenvalue weighted by atomic mass is 9.99. The van der Waals surface area contributed by atoms with Crippen LogP contribution < -0.4 is 9.62 Å². The van der Waals surface area contributed by atoms with Crippen molar-refractivity contribution in [2.75, 3.05) is 11.4 Å². The molecule has 0 spiro atoms. The standard InChI is InChI=1S/C23H20ClF4N3O3S/c1-13(14-6-8-19(18(25)11-14)31(2)35(33)34)22(32)29-12-16-7-9-20(23(26,27)28)30-21(16)15-4-3-5-17(24)10-15/h3-11,13H,12H2,1-2H3,(H,29,32)(H,33,34). The van der Waals surface area contributed by atoms with Crippen molar-refractivity contribution in [2.45, 2.75) is 25.6 Å². The van der Waals surface area contributed by atoms with Crippen molar-refractivity contribution in [2.24, 2.45) is 0 Å². The summed E-state index contributed by atoms with van der Waals surface area (Å²) in [5.74, 6) is -2.11. The molecule has 6 nitrogen and oxygen atoms in total. The summed E-state index contributed by atoms with van der Waals surface area (Å²) < 4.78 is 75.2. The average Bonchev–Trinajstić information content (AvgIpc) is 2.80. The van der Waals surface area contributed by atoms with Crippen molar-refractivity contribution >= 4 is 34.5 Å². The summed E-state index contributed by atoms with van der Waals surface area (Å²) in [6.45, 7) is 1.39. The quantitative estimate of drug-likeness (QED) is 0.310. The van der Waals surface area contributed by atoms with Crippen LogP contribution in [-0.2, 0) is 28.8 Å². The number of carbonyl (C=O) groups is 1. The second-order valence-electron chi connectivity index (χ2n) is 7.59. The summed E-state index contributed by atoms with van der Waals surface area (Å²) in [4.78, 5) is 16.5. The molecule has 0 aliphatic heterocycles. The van der Waals surface area contributed by atoms with Gasteiger partial charge in [0.2, 0.25) is 5.91 Å². The number of nitrogens with zero attached hydrogens (tertiary/aromatic N) is 2. The maximum absolute atomic E-state index is 14.4. The molecule has 2 aromatic carbocycles. The molecule has 0 bridgehead atoms. The van der Waals surface area contributed by atoms with Crippen LogP contribution in [-0.4, -0.2) is 26.7 Å². The zero-order valence-corrected chi connectivity index (χ0v) is 20.0. The molecule has 3 rings (SSSR count). The van der Waals surface area contributed by atoms with E-state index >= 15 is 0 Å². The molecule has 35 heavy (non-hydrogen) atoms. The molecule has 3 aromatic rings. The monoisotopic (exact) mass is 529 g/mol. The Bertz CT molecular complexity index is 1270. The van der Waals surface area contributed by atoms with Gasteiger partial charge in [-0.25, -0.2) is 13.6 Å². The fourth-order valence-electron chi connectivity index (χ4n) is 3.29. The third-order valence-electron chi connectivity index (χ3n) is 5.26. The van der Waals surface area contributed by atoms with Gasteiger partial charge in [-0.3, -0.25) is 13.7 Å². The van der Waals surface area contributed by atoms with Crippen LogP contribution in [0.4, 0.5) is 23.2 Å². The molecule has 2 atom stereocenters. The molecule has 12 heteroatoms. The predicted molar refractivity (Wildman–Crippen MR) is 126 cm³/mol. The molecule has 1 amide bonds. The van der Waals surface area contributed by atoms with Crippen LogP contribution in [0.2, 0.25) is 5.02 Å². The molecule has 186 valence electrons. The number of pyridine rings is 1. The van der Waals surface area contributed by atoms with Gasteiger partial charge in [-0.05, 0) is 48.4 Å². The minimum atomic E-state index is -4.66. The summed E-state index contributed by atoms with van der Waals surface area (Å²) in [5.41, 5.74) is -0.199. The van der Waals surface area contributed by atoms with Gasteiger partial charge in [-0.2, -0.15) is 13.2 Å². The number of amides is 1. The lowest BCUT2D eigenvalue weighted by Gasteiger charge is -2.18. The van der Waals surface area contributed by atoms with Crippen LogP contribution in [0.25, 0.3) is 11.3 Å². The highest BCUT2D eigenvalue weighted by Crippen LogP contribution is 2.32. The first kappa shape index (κ1) is 26.6. The fraction of sp³-hybridized carbons (Fsp3) is 0.217. The summed E-state index contributed by atoms with van der Waals surface area (Å²) in [5, 5.41) is 2.95. The maximum atomic E-state index is 14.4. The Balaban J connectivity index is 1.83. The molecule has 1 heterocycles. The molecule has 0 saturated heterocycles. The number of benzene rings is 2. The molecule has 0 radical (unpaired) electrons. The van der Waals surface area contributed by atoms with Crippen molar-refractivity contribution in [1.29, 1.82) is 0 Å². The van der Waals surface area contributed by atoms with Crippen molar-refractivity contribution in [3.8, 4) is 11.3 Å². The van der Waals surface area contributed by atoms with E-state index in [0.717, 1.165) is 16.4 Å². The number of halogens is 5. The summed E-state index contributed by atoms with van der Waals surface area (Å²) in [6.07, 6.45) is -4.66. The summed E-state index contributed by atoms with van der Waals surface area (Å²) in [7, 11) is 1.24. The third kappa shape index (κ3) is 6.36. The Labute approximate surface area is 206 Å². The normalized spacial score (nSPS) is 13.3. The average molecular weight is 530 g/mol. The Morgan fingerprint density at radius 1 is 1.20 bits per heavy atom. The molecule has 2 N–H and O–H groups in total. The van der Waals surface area contributed by atoms with Gasteiger partial charge in [-0.15, -0.1) is 0 Å².